The second-order valence-electron chi connectivity index (χ2n) is 11.2. The van der Waals surface area contributed by atoms with Crippen LogP contribution in [-0.4, -0.2) is 17.1 Å². The highest BCUT2D eigenvalue weighted by atomic mass is 16.5. The van der Waals surface area contributed by atoms with Crippen LogP contribution < -0.4 is 10.6 Å². The van der Waals surface area contributed by atoms with Gasteiger partial charge in [0, 0.05) is 12.1 Å². The molecule has 0 bridgehead atoms. The van der Waals surface area contributed by atoms with Crippen molar-refractivity contribution in [2.24, 2.45) is 0 Å². The molecule has 0 amide bonds. The van der Waals surface area contributed by atoms with E-state index in [0.717, 1.165) is 33.6 Å². The molecule has 3 heterocycles. The predicted octanol–water partition coefficient (Wildman–Crippen LogP) is 6.98. The number of ether oxygens (including phenoxy) is 2. The molecule has 4 atom stereocenters. The van der Waals surface area contributed by atoms with Crippen molar-refractivity contribution in [3.8, 4) is 0 Å². The number of pyridine rings is 1. The topological polar surface area (TPSA) is 55.4 Å². The minimum atomic E-state index is -0.655. The van der Waals surface area contributed by atoms with Crippen molar-refractivity contribution < 1.29 is 9.47 Å². The Kier molecular flexibility index (Phi) is 6.96. The maximum atomic E-state index is 7.00. The highest BCUT2D eigenvalue weighted by Gasteiger charge is 2.51. The standard InChI is InChI=1S/C37H35N3O2/c1-26-36(28-16-7-3-8-17-28,29-18-9-4-10-19-29)41-34(38-26)32-24-15-25-33(40-32)35-39-27(2)37(42-35,30-20-11-5-12-21-30)31-22-13-6-14-23-31/h3-27,34-35,38-39H,1-2H3/t26-,27-,34-,35-/m0/s1. The maximum absolute atomic E-state index is 7.00. The smallest absolute Gasteiger partial charge is 0.153 e. The predicted molar refractivity (Wildman–Crippen MR) is 164 cm³/mol. The van der Waals surface area contributed by atoms with Gasteiger partial charge in [-0.3, -0.25) is 10.6 Å². The Morgan fingerprint density at radius 3 is 1.07 bits per heavy atom. The lowest BCUT2D eigenvalue weighted by atomic mass is 9.81. The summed E-state index contributed by atoms with van der Waals surface area (Å²) < 4.78 is 14.0. The Balaban J connectivity index is 1.23. The van der Waals surface area contributed by atoms with Crippen LogP contribution in [0.4, 0.5) is 0 Å². The average Bonchev–Trinajstić information content (AvgIpc) is 3.61. The van der Waals surface area contributed by atoms with Gasteiger partial charge in [-0.15, -0.1) is 0 Å². The second kappa shape index (κ2) is 10.9. The molecular formula is C37H35N3O2. The van der Waals surface area contributed by atoms with Gasteiger partial charge in [-0.05, 0) is 48.2 Å². The third kappa shape index (κ3) is 4.37. The van der Waals surface area contributed by atoms with Crippen LogP contribution in [0, 0.1) is 0 Å². The molecule has 2 fully saturated rings. The normalized spacial score (nSPS) is 24.4. The van der Waals surface area contributed by atoms with Crippen LogP contribution in [0.3, 0.4) is 0 Å². The molecule has 0 spiro atoms. The monoisotopic (exact) mass is 553 g/mol. The third-order valence-corrected chi connectivity index (χ3v) is 8.77. The molecule has 0 radical (unpaired) electrons. The number of hydrogen-bond donors (Lipinski definition) is 2. The molecule has 0 aliphatic carbocycles. The zero-order valence-electron chi connectivity index (χ0n) is 23.9. The fraction of sp³-hybridized carbons (Fsp3) is 0.216. The first-order chi connectivity index (χ1) is 20.6. The van der Waals surface area contributed by atoms with E-state index in [1.165, 1.54) is 0 Å². The maximum Gasteiger partial charge on any atom is 0.153 e. The van der Waals surface area contributed by atoms with Crippen molar-refractivity contribution in [3.63, 3.8) is 0 Å². The van der Waals surface area contributed by atoms with Gasteiger partial charge in [0.05, 0.1) is 11.4 Å². The summed E-state index contributed by atoms with van der Waals surface area (Å²) in [6, 6.07) is 47.9. The van der Waals surface area contributed by atoms with E-state index in [1.807, 2.05) is 42.5 Å². The number of hydrogen-bond acceptors (Lipinski definition) is 5. The Morgan fingerprint density at radius 2 is 0.762 bits per heavy atom. The Labute approximate surface area is 247 Å². The van der Waals surface area contributed by atoms with Crippen molar-refractivity contribution in [2.75, 3.05) is 0 Å². The molecule has 2 aliphatic rings. The number of aromatic nitrogens is 1. The van der Waals surface area contributed by atoms with Gasteiger partial charge in [0.25, 0.3) is 0 Å². The van der Waals surface area contributed by atoms with Crippen LogP contribution in [0.5, 0.6) is 0 Å². The first-order valence-corrected chi connectivity index (χ1v) is 14.7. The minimum Gasteiger partial charge on any atom is -0.340 e. The molecule has 1 aromatic heterocycles. The Hall–Kier alpha value is -4.13. The van der Waals surface area contributed by atoms with Gasteiger partial charge in [-0.1, -0.05) is 127 Å². The van der Waals surface area contributed by atoms with E-state index in [9.17, 15) is 0 Å². The van der Waals surface area contributed by atoms with Gasteiger partial charge in [0.1, 0.15) is 11.2 Å². The highest BCUT2D eigenvalue weighted by Crippen LogP contribution is 2.47. The van der Waals surface area contributed by atoms with E-state index in [-0.39, 0.29) is 12.1 Å². The quantitative estimate of drug-likeness (QED) is 0.238. The lowest BCUT2D eigenvalue weighted by Gasteiger charge is -2.33. The SMILES string of the molecule is C[C@@H]1N[C@H](c2cccc([C@H]3N[C@@H](C)C(c4ccccc4)(c4ccccc4)O3)n2)OC1(c1ccccc1)c1ccccc1. The van der Waals surface area contributed by atoms with E-state index < -0.39 is 23.7 Å². The first kappa shape index (κ1) is 26.7. The lowest BCUT2D eigenvalue weighted by molar-refractivity contribution is -0.0308. The van der Waals surface area contributed by atoms with Crippen LogP contribution in [0.25, 0.3) is 0 Å². The molecule has 5 nitrogen and oxygen atoms in total. The van der Waals surface area contributed by atoms with Crippen LogP contribution >= 0.6 is 0 Å². The fourth-order valence-corrected chi connectivity index (χ4v) is 6.73. The minimum absolute atomic E-state index is 0.00226. The molecule has 2 aliphatic heterocycles. The molecule has 4 aromatic carbocycles. The molecule has 2 saturated heterocycles. The van der Waals surface area contributed by atoms with Crippen LogP contribution in [0.15, 0.2) is 140 Å². The van der Waals surface area contributed by atoms with Crippen molar-refractivity contribution in [1.29, 1.82) is 0 Å². The summed E-state index contributed by atoms with van der Waals surface area (Å²) in [5.74, 6) is 0. The molecule has 0 saturated carbocycles. The number of nitrogens with one attached hydrogen (secondary N) is 2. The first-order valence-electron chi connectivity index (χ1n) is 14.7. The van der Waals surface area contributed by atoms with Gasteiger partial charge in [-0.2, -0.15) is 0 Å². The second-order valence-corrected chi connectivity index (χ2v) is 11.2. The number of benzene rings is 4. The van der Waals surface area contributed by atoms with E-state index in [0.29, 0.717) is 0 Å². The summed E-state index contributed by atoms with van der Waals surface area (Å²) >= 11 is 0. The number of nitrogens with zero attached hydrogens (tertiary/aromatic N) is 1. The fourth-order valence-electron chi connectivity index (χ4n) is 6.73. The average molecular weight is 554 g/mol. The third-order valence-electron chi connectivity index (χ3n) is 8.77. The van der Waals surface area contributed by atoms with Gasteiger partial charge in [0.15, 0.2) is 12.5 Å². The van der Waals surface area contributed by atoms with Gasteiger partial charge < -0.3 is 9.47 Å². The van der Waals surface area contributed by atoms with Gasteiger partial charge in [-0.25, -0.2) is 4.98 Å². The summed E-state index contributed by atoms with van der Waals surface area (Å²) in [6.45, 7) is 4.36. The summed E-state index contributed by atoms with van der Waals surface area (Å²) in [7, 11) is 0. The molecular weight excluding hydrogens is 518 g/mol. The molecule has 0 unspecified atom stereocenters. The number of rotatable bonds is 6. The lowest BCUT2D eigenvalue weighted by Crippen LogP contribution is -2.40. The van der Waals surface area contributed by atoms with Gasteiger partial charge >= 0.3 is 0 Å². The van der Waals surface area contributed by atoms with Crippen LogP contribution in [0.2, 0.25) is 0 Å². The largest absolute Gasteiger partial charge is 0.340 e. The zero-order valence-corrected chi connectivity index (χ0v) is 23.9. The van der Waals surface area contributed by atoms with Crippen LogP contribution in [-0.2, 0) is 20.7 Å². The highest BCUT2D eigenvalue weighted by molar-refractivity contribution is 5.42. The van der Waals surface area contributed by atoms with Crippen LogP contribution in [0.1, 0.15) is 59.9 Å². The molecule has 5 aromatic rings. The van der Waals surface area contributed by atoms with Crippen molar-refractivity contribution in [2.45, 2.75) is 49.6 Å². The summed E-state index contributed by atoms with van der Waals surface area (Å²) in [5, 5.41) is 7.41. The molecule has 42 heavy (non-hydrogen) atoms. The summed E-state index contributed by atoms with van der Waals surface area (Å²) in [6.07, 6.45) is -0.792. The summed E-state index contributed by atoms with van der Waals surface area (Å²) in [4.78, 5) is 5.14. The summed E-state index contributed by atoms with van der Waals surface area (Å²) in [5.41, 5.74) is 4.78. The zero-order chi connectivity index (χ0) is 28.6. The van der Waals surface area contributed by atoms with Crippen molar-refractivity contribution in [1.82, 2.24) is 15.6 Å². The van der Waals surface area contributed by atoms with Crippen molar-refractivity contribution >= 4 is 0 Å². The van der Waals surface area contributed by atoms with E-state index >= 15 is 0 Å². The molecule has 2 N–H and O–H groups in total. The Morgan fingerprint density at radius 1 is 0.452 bits per heavy atom. The van der Waals surface area contributed by atoms with Gasteiger partial charge in [0.2, 0.25) is 0 Å². The molecule has 7 rings (SSSR count). The van der Waals surface area contributed by atoms with E-state index in [2.05, 4.69) is 122 Å². The van der Waals surface area contributed by atoms with Crippen molar-refractivity contribution in [3.05, 3.63) is 173 Å². The van der Waals surface area contributed by atoms with E-state index in [1.54, 1.807) is 0 Å². The van der Waals surface area contributed by atoms with E-state index in [4.69, 9.17) is 14.5 Å². The molecule has 5 heteroatoms. The Bertz CT molecular complexity index is 1430. The molecule has 210 valence electrons.